The first-order valence-electron chi connectivity index (χ1n) is 6.29. The van der Waals surface area contributed by atoms with Gasteiger partial charge in [-0.25, -0.2) is 0 Å². The molecule has 1 unspecified atom stereocenters. The lowest BCUT2D eigenvalue weighted by Gasteiger charge is -2.13. The first kappa shape index (κ1) is 12.1. The van der Waals surface area contributed by atoms with Crippen LogP contribution >= 0.6 is 0 Å². The van der Waals surface area contributed by atoms with Crippen LogP contribution in [0.2, 0.25) is 0 Å². The Hall–Kier alpha value is -1.35. The first-order valence-corrected chi connectivity index (χ1v) is 6.29. The molecule has 0 radical (unpaired) electrons. The highest BCUT2D eigenvalue weighted by molar-refractivity contribution is 5.94. The minimum Gasteiger partial charge on any atom is -0.350 e. The van der Waals surface area contributed by atoms with Crippen molar-refractivity contribution < 1.29 is 4.79 Å². The monoisotopic (exact) mass is 232 g/mol. The van der Waals surface area contributed by atoms with Crippen LogP contribution in [0.25, 0.3) is 0 Å². The van der Waals surface area contributed by atoms with Gasteiger partial charge in [0, 0.05) is 18.2 Å². The highest BCUT2D eigenvalue weighted by Crippen LogP contribution is 2.33. The lowest BCUT2D eigenvalue weighted by molar-refractivity contribution is 0.0937. The normalized spacial score (nSPS) is 16.6. The van der Waals surface area contributed by atoms with Crippen molar-refractivity contribution in [3.8, 4) is 0 Å². The van der Waals surface area contributed by atoms with E-state index in [1.54, 1.807) is 0 Å². The summed E-state index contributed by atoms with van der Waals surface area (Å²) in [6.07, 6.45) is 3.74. The summed E-state index contributed by atoms with van der Waals surface area (Å²) in [7, 11) is 0. The molecule has 3 N–H and O–H groups in total. The summed E-state index contributed by atoms with van der Waals surface area (Å²) >= 11 is 0. The number of carbonyl (C=O) groups excluding carboxylic acids is 1. The molecule has 3 heteroatoms. The second kappa shape index (κ2) is 5.32. The van der Waals surface area contributed by atoms with Crippen LogP contribution in [0.1, 0.15) is 42.1 Å². The molecule has 17 heavy (non-hydrogen) atoms. The predicted octanol–water partition coefficient (Wildman–Crippen LogP) is 2.06. The maximum atomic E-state index is 12.0. The summed E-state index contributed by atoms with van der Waals surface area (Å²) in [5.41, 5.74) is 7.26. The van der Waals surface area contributed by atoms with E-state index in [-0.39, 0.29) is 11.9 Å². The van der Waals surface area contributed by atoms with Gasteiger partial charge >= 0.3 is 0 Å². The van der Waals surface area contributed by atoms with Gasteiger partial charge in [0.25, 0.3) is 5.91 Å². The average Bonchev–Trinajstić information content (AvgIpc) is 3.12. The molecule has 2 rings (SSSR count). The van der Waals surface area contributed by atoms with E-state index in [4.69, 9.17) is 5.73 Å². The fourth-order valence-corrected chi connectivity index (χ4v) is 2.06. The Bertz CT molecular complexity index is 399. The molecule has 1 aliphatic rings. The molecule has 1 atom stereocenters. The van der Waals surface area contributed by atoms with Gasteiger partial charge < -0.3 is 11.1 Å². The smallest absolute Gasteiger partial charge is 0.251 e. The molecule has 1 aliphatic carbocycles. The minimum absolute atomic E-state index is 0.00782. The molecule has 1 fully saturated rings. The van der Waals surface area contributed by atoms with Crippen molar-refractivity contribution >= 4 is 5.91 Å². The Labute approximate surface area is 102 Å². The Kier molecular flexibility index (Phi) is 3.79. The van der Waals surface area contributed by atoms with Crippen molar-refractivity contribution in [3.05, 3.63) is 35.4 Å². The molecule has 92 valence electrons. The van der Waals surface area contributed by atoms with E-state index < -0.39 is 0 Å². The molecular weight excluding hydrogens is 212 g/mol. The van der Waals surface area contributed by atoms with E-state index in [1.165, 1.54) is 12.8 Å². The molecule has 3 nitrogen and oxygen atoms in total. The zero-order valence-corrected chi connectivity index (χ0v) is 10.3. The Balaban J connectivity index is 1.92. The average molecular weight is 232 g/mol. The van der Waals surface area contributed by atoms with Gasteiger partial charge in [-0.05, 0) is 37.0 Å². The van der Waals surface area contributed by atoms with Gasteiger partial charge in [-0.3, -0.25) is 4.79 Å². The van der Waals surface area contributed by atoms with Gasteiger partial charge in [0.2, 0.25) is 0 Å². The third-order valence-corrected chi connectivity index (χ3v) is 3.19. The van der Waals surface area contributed by atoms with Crippen molar-refractivity contribution in [2.75, 3.05) is 0 Å². The number of rotatable bonds is 5. The zero-order chi connectivity index (χ0) is 12.3. The van der Waals surface area contributed by atoms with Crippen molar-refractivity contribution in [1.82, 2.24) is 5.32 Å². The fourth-order valence-electron chi connectivity index (χ4n) is 2.06. The van der Waals surface area contributed by atoms with Gasteiger partial charge in [0.15, 0.2) is 0 Å². The van der Waals surface area contributed by atoms with Crippen LogP contribution < -0.4 is 11.1 Å². The van der Waals surface area contributed by atoms with Crippen molar-refractivity contribution in [3.63, 3.8) is 0 Å². The molecule has 1 aromatic rings. The Morgan fingerprint density at radius 1 is 1.53 bits per heavy atom. The maximum absolute atomic E-state index is 12.0. The second-order valence-corrected chi connectivity index (χ2v) is 4.96. The molecule has 1 aromatic carbocycles. The van der Waals surface area contributed by atoms with E-state index in [1.807, 2.05) is 24.3 Å². The Morgan fingerprint density at radius 2 is 2.29 bits per heavy atom. The number of hydrogen-bond acceptors (Lipinski definition) is 2. The van der Waals surface area contributed by atoms with E-state index in [9.17, 15) is 4.79 Å². The number of amides is 1. The number of nitrogens with two attached hydrogens (primary N) is 1. The molecular formula is C14H20N2O. The molecule has 0 spiro atoms. The van der Waals surface area contributed by atoms with Crippen LogP contribution in [-0.4, -0.2) is 11.9 Å². The van der Waals surface area contributed by atoms with Crippen LogP contribution in [-0.2, 0) is 6.54 Å². The molecule has 0 bridgehead atoms. The van der Waals surface area contributed by atoms with Gasteiger partial charge in [-0.1, -0.05) is 25.0 Å². The molecule has 1 saturated carbocycles. The van der Waals surface area contributed by atoms with E-state index in [0.29, 0.717) is 12.1 Å². The highest BCUT2D eigenvalue weighted by atomic mass is 16.1. The standard InChI is InChI=1S/C14H20N2O/c1-10(7-11-5-6-11)16-14(17)13-4-2-3-12(8-13)9-15/h2-4,8,10-11H,5-7,9,15H2,1H3,(H,16,17). The zero-order valence-electron chi connectivity index (χ0n) is 10.3. The van der Waals surface area contributed by atoms with Crippen LogP contribution in [0.4, 0.5) is 0 Å². The Morgan fingerprint density at radius 3 is 2.94 bits per heavy atom. The van der Waals surface area contributed by atoms with Crippen molar-refractivity contribution in [2.24, 2.45) is 11.7 Å². The van der Waals surface area contributed by atoms with Crippen LogP contribution in [0.5, 0.6) is 0 Å². The lowest BCUT2D eigenvalue weighted by atomic mass is 10.1. The van der Waals surface area contributed by atoms with Crippen LogP contribution in [0.3, 0.4) is 0 Å². The molecule has 0 saturated heterocycles. The summed E-state index contributed by atoms with van der Waals surface area (Å²) in [6.45, 7) is 2.54. The van der Waals surface area contributed by atoms with Crippen LogP contribution in [0, 0.1) is 5.92 Å². The molecule has 0 aliphatic heterocycles. The molecule has 0 aromatic heterocycles. The topological polar surface area (TPSA) is 55.1 Å². The van der Waals surface area contributed by atoms with Gasteiger partial charge in [0.1, 0.15) is 0 Å². The van der Waals surface area contributed by atoms with Gasteiger partial charge in [-0.2, -0.15) is 0 Å². The SMILES string of the molecule is CC(CC1CC1)NC(=O)c1cccc(CN)c1. The second-order valence-electron chi connectivity index (χ2n) is 4.96. The summed E-state index contributed by atoms with van der Waals surface area (Å²) in [6, 6.07) is 7.77. The maximum Gasteiger partial charge on any atom is 0.251 e. The summed E-state index contributed by atoms with van der Waals surface area (Å²) in [5, 5.41) is 3.04. The van der Waals surface area contributed by atoms with Crippen molar-refractivity contribution in [2.45, 2.75) is 38.8 Å². The number of carbonyl (C=O) groups is 1. The third-order valence-electron chi connectivity index (χ3n) is 3.19. The minimum atomic E-state index is 0.00782. The van der Waals surface area contributed by atoms with Crippen molar-refractivity contribution in [1.29, 1.82) is 0 Å². The van der Waals surface area contributed by atoms with E-state index in [2.05, 4.69) is 12.2 Å². The summed E-state index contributed by atoms with van der Waals surface area (Å²) in [4.78, 5) is 12.0. The number of nitrogens with one attached hydrogen (secondary N) is 1. The number of benzene rings is 1. The van der Waals surface area contributed by atoms with Crippen LogP contribution in [0.15, 0.2) is 24.3 Å². The van der Waals surface area contributed by atoms with E-state index >= 15 is 0 Å². The largest absolute Gasteiger partial charge is 0.350 e. The van der Waals surface area contributed by atoms with Gasteiger partial charge in [-0.15, -0.1) is 0 Å². The summed E-state index contributed by atoms with van der Waals surface area (Å²) < 4.78 is 0. The van der Waals surface area contributed by atoms with Gasteiger partial charge in [0.05, 0.1) is 0 Å². The fraction of sp³-hybridized carbons (Fsp3) is 0.500. The summed E-state index contributed by atoms with van der Waals surface area (Å²) in [5.74, 6) is 0.842. The number of hydrogen-bond donors (Lipinski definition) is 2. The highest BCUT2D eigenvalue weighted by Gasteiger charge is 2.24. The quantitative estimate of drug-likeness (QED) is 0.816. The van der Waals surface area contributed by atoms with E-state index in [0.717, 1.165) is 17.9 Å². The predicted molar refractivity (Wildman–Crippen MR) is 68.6 cm³/mol. The molecule has 1 amide bonds. The first-order chi connectivity index (χ1) is 8.19. The third kappa shape index (κ3) is 3.56. The lowest BCUT2D eigenvalue weighted by Crippen LogP contribution is -2.32. The molecule has 0 heterocycles.